The molecule has 94 valence electrons. The number of hydrogen-bond acceptors (Lipinski definition) is 6. The van der Waals surface area contributed by atoms with Crippen LogP contribution in [0.5, 0.6) is 5.88 Å². The molecule has 0 bridgehead atoms. The van der Waals surface area contributed by atoms with Crippen LogP contribution in [0.15, 0.2) is 28.9 Å². The number of anilines is 1. The molecule has 0 fully saturated rings. The second-order valence-electron chi connectivity index (χ2n) is 3.37. The molecule has 7 nitrogen and oxygen atoms in total. The predicted molar refractivity (Wildman–Crippen MR) is 61.6 cm³/mol. The highest BCUT2D eigenvalue weighted by Gasteiger charge is 2.08. The van der Waals surface area contributed by atoms with Crippen molar-refractivity contribution < 1.29 is 19.1 Å². The number of carboxylic acid groups (broad SMARTS) is 1. The van der Waals surface area contributed by atoms with Crippen molar-refractivity contribution in [3.63, 3.8) is 0 Å². The van der Waals surface area contributed by atoms with E-state index in [2.05, 4.69) is 15.3 Å². The Balaban J connectivity index is 1.99. The smallest absolute Gasteiger partial charge is 0.371 e. The van der Waals surface area contributed by atoms with Crippen molar-refractivity contribution >= 4 is 11.8 Å². The van der Waals surface area contributed by atoms with E-state index in [0.717, 1.165) is 0 Å². The van der Waals surface area contributed by atoms with Crippen molar-refractivity contribution in [1.82, 2.24) is 9.97 Å². The lowest BCUT2D eigenvalue weighted by atomic mass is 10.4. The first kappa shape index (κ1) is 11.9. The molecule has 2 aromatic heterocycles. The van der Waals surface area contributed by atoms with Gasteiger partial charge in [0.1, 0.15) is 11.6 Å². The Morgan fingerprint density at radius 3 is 3.00 bits per heavy atom. The molecule has 2 N–H and O–H groups in total. The first-order valence-corrected chi connectivity index (χ1v) is 5.11. The maximum atomic E-state index is 10.6. The first-order valence-electron chi connectivity index (χ1n) is 5.11. The minimum absolute atomic E-state index is 0.0940. The van der Waals surface area contributed by atoms with Crippen LogP contribution in [0, 0.1) is 0 Å². The number of nitrogens with zero attached hydrogens (tertiary/aromatic N) is 2. The van der Waals surface area contributed by atoms with E-state index < -0.39 is 5.97 Å². The number of ether oxygens (including phenoxy) is 1. The Morgan fingerprint density at radius 2 is 2.33 bits per heavy atom. The van der Waals surface area contributed by atoms with E-state index >= 15 is 0 Å². The van der Waals surface area contributed by atoms with Crippen molar-refractivity contribution in [3.05, 3.63) is 36.0 Å². The molecule has 0 aliphatic rings. The number of nitrogens with one attached hydrogen (secondary N) is 1. The van der Waals surface area contributed by atoms with Gasteiger partial charge in [-0.1, -0.05) is 0 Å². The largest absolute Gasteiger partial charge is 0.480 e. The van der Waals surface area contributed by atoms with Gasteiger partial charge in [-0.2, -0.15) is 4.98 Å². The van der Waals surface area contributed by atoms with Crippen molar-refractivity contribution in [2.45, 2.75) is 6.54 Å². The zero-order valence-corrected chi connectivity index (χ0v) is 9.58. The monoisotopic (exact) mass is 249 g/mol. The van der Waals surface area contributed by atoms with Crippen LogP contribution in [-0.4, -0.2) is 28.2 Å². The molecule has 0 aromatic carbocycles. The maximum absolute atomic E-state index is 10.6. The summed E-state index contributed by atoms with van der Waals surface area (Å²) < 4.78 is 10.0. The molecule has 7 heteroatoms. The van der Waals surface area contributed by atoms with Crippen LogP contribution < -0.4 is 10.1 Å². The number of aromatic nitrogens is 2. The van der Waals surface area contributed by atoms with Crippen LogP contribution in [0.1, 0.15) is 16.3 Å². The number of aromatic carboxylic acids is 1. The van der Waals surface area contributed by atoms with Crippen molar-refractivity contribution in [2.75, 3.05) is 12.4 Å². The molecule has 2 aromatic rings. The number of carbonyl (C=O) groups is 1. The van der Waals surface area contributed by atoms with Gasteiger partial charge in [0, 0.05) is 0 Å². The summed E-state index contributed by atoms with van der Waals surface area (Å²) in [4.78, 5) is 18.6. The van der Waals surface area contributed by atoms with E-state index in [4.69, 9.17) is 14.3 Å². The molecule has 0 aliphatic heterocycles. The van der Waals surface area contributed by atoms with Gasteiger partial charge in [-0.05, 0) is 12.1 Å². The summed E-state index contributed by atoms with van der Waals surface area (Å²) in [5.41, 5.74) is 0. The van der Waals surface area contributed by atoms with E-state index in [9.17, 15) is 4.79 Å². The summed E-state index contributed by atoms with van der Waals surface area (Å²) in [6, 6.07) is 2.99. The Bertz CT molecular complexity index is 553. The maximum Gasteiger partial charge on any atom is 0.371 e. The van der Waals surface area contributed by atoms with Crippen LogP contribution in [0.25, 0.3) is 0 Å². The molecule has 0 unspecified atom stereocenters. The van der Waals surface area contributed by atoms with Gasteiger partial charge < -0.3 is 19.6 Å². The lowest BCUT2D eigenvalue weighted by molar-refractivity contribution is 0.0660. The molecular formula is C11H11N3O4. The lowest BCUT2D eigenvalue weighted by Crippen LogP contribution is -2.02. The second-order valence-corrected chi connectivity index (χ2v) is 3.37. The predicted octanol–water partition coefficient (Wildman–Crippen LogP) is 1.39. The van der Waals surface area contributed by atoms with Gasteiger partial charge in [-0.3, -0.25) is 4.98 Å². The molecule has 0 saturated heterocycles. The standard InChI is InChI=1S/C11H11N3O4/c1-17-10-6-12-5-9(14-10)13-4-7-2-3-8(18-7)11(15)16/h2-3,5-6H,4H2,1H3,(H,13,14)(H,15,16). The van der Waals surface area contributed by atoms with Crippen molar-refractivity contribution in [2.24, 2.45) is 0 Å². The van der Waals surface area contributed by atoms with Crippen molar-refractivity contribution in [3.8, 4) is 5.88 Å². The minimum Gasteiger partial charge on any atom is -0.480 e. The fourth-order valence-corrected chi connectivity index (χ4v) is 1.30. The number of rotatable bonds is 5. The van der Waals surface area contributed by atoms with Gasteiger partial charge in [0.25, 0.3) is 0 Å². The molecule has 2 rings (SSSR count). The summed E-state index contributed by atoms with van der Waals surface area (Å²) in [6.07, 6.45) is 3.02. The van der Waals surface area contributed by atoms with Crippen LogP contribution in [0.2, 0.25) is 0 Å². The average Bonchev–Trinajstić information content (AvgIpc) is 2.85. The zero-order valence-electron chi connectivity index (χ0n) is 9.58. The lowest BCUT2D eigenvalue weighted by Gasteiger charge is -2.04. The van der Waals surface area contributed by atoms with Gasteiger partial charge in [-0.25, -0.2) is 4.79 Å². The Labute approximate surface area is 102 Å². The number of methoxy groups -OCH3 is 1. The second kappa shape index (κ2) is 5.17. The van der Waals surface area contributed by atoms with Gasteiger partial charge in [-0.15, -0.1) is 0 Å². The van der Waals surface area contributed by atoms with Gasteiger partial charge in [0.15, 0.2) is 0 Å². The summed E-state index contributed by atoms with van der Waals surface area (Å²) in [7, 11) is 1.50. The zero-order chi connectivity index (χ0) is 13.0. The molecule has 0 radical (unpaired) electrons. The van der Waals surface area contributed by atoms with Crippen LogP contribution in [0.4, 0.5) is 5.82 Å². The van der Waals surface area contributed by atoms with Crippen LogP contribution in [-0.2, 0) is 6.54 Å². The highest BCUT2D eigenvalue weighted by molar-refractivity contribution is 5.84. The van der Waals surface area contributed by atoms with Gasteiger partial charge in [0.2, 0.25) is 11.6 Å². The van der Waals surface area contributed by atoms with Crippen LogP contribution >= 0.6 is 0 Å². The highest BCUT2D eigenvalue weighted by atomic mass is 16.5. The summed E-state index contributed by atoms with van der Waals surface area (Å²) in [5.74, 6) is 0.219. The first-order chi connectivity index (χ1) is 8.69. The average molecular weight is 249 g/mol. The molecule has 0 atom stereocenters. The van der Waals surface area contributed by atoms with E-state index in [1.807, 2.05) is 0 Å². The summed E-state index contributed by atoms with van der Waals surface area (Å²) in [6.45, 7) is 0.315. The fraction of sp³-hybridized carbons (Fsp3) is 0.182. The molecule has 0 amide bonds. The fourth-order valence-electron chi connectivity index (χ4n) is 1.30. The third-order valence-electron chi connectivity index (χ3n) is 2.14. The van der Waals surface area contributed by atoms with E-state index in [1.54, 1.807) is 6.07 Å². The van der Waals surface area contributed by atoms with Crippen LogP contribution in [0.3, 0.4) is 0 Å². The molecule has 0 spiro atoms. The summed E-state index contributed by atoms with van der Waals surface area (Å²) in [5, 5.41) is 11.6. The highest BCUT2D eigenvalue weighted by Crippen LogP contribution is 2.12. The molecule has 2 heterocycles. The third kappa shape index (κ3) is 2.76. The van der Waals surface area contributed by atoms with E-state index in [1.165, 1.54) is 25.6 Å². The number of furan rings is 1. The molecule has 0 aliphatic carbocycles. The van der Waals surface area contributed by atoms with E-state index in [0.29, 0.717) is 24.0 Å². The summed E-state index contributed by atoms with van der Waals surface area (Å²) >= 11 is 0. The van der Waals surface area contributed by atoms with Gasteiger partial charge >= 0.3 is 5.97 Å². The van der Waals surface area contributed by atoms with E-state index in [-0.39, 0.29) is 5.76 Å². The van der Waals surface area contributed by atoms with Crippen molar-refractivity contribution in [1.29, 1.82) is 0 Å². The Morgan fingerprint density at radius 1 is 1.50 bits per heavy atom. The number of hydrogen-bond donors (Lipinski definition) is 2. The van der Waals surface area contributed by atoms with Gasteiger partial charge in [0.05, 0.1) is 26.0 Å². The number of carboxylic acids is 1. The quantitative estimate of drug-likeness (QED) is 0.826. The topological polar surface area (TPSA) is 97.5 Å². The SMILES string of the molecule is COc1cncc(NCc2ccc(C(=O)O)o2)n1. The molecule has 0 saturated carbocycles. The molecular weight excluding hydrogens is 238 g/mol. The minimum atomic E-state index is -1.09. The third-order valence-corrected chi connectivity index (χ3v) is 2.14. The Hall–Kier alpha value is -2.57. The Kier molecular flexibility index (Phi) is 3.42. The molecule has 18 heavy (non-hydrogen) atoms. The normalized spacial score (nSPS) is 10.1.